The van der Waals surface area contributed by atoms with Gasteiger partial charge in [-0.15, -0.1) is 0 Å². The van der Waals surface area contributed by atoms with Crippen LogP contribution in [0.3, 0.4) is 0 Å². The SMILES string of the molecule is c1ccc(-c2cccc(-c3ccc(-c4cccc5c4Cc4c(-c6nc(-c7ccccc7)nc(-c7ccccc7)n6)cccc4-5)cc3)c2)cc1. The third kappa shape index (κ3) is 5.42. The average molecular weight is 626 g/mol. The second-order valence-corrected chi connectivity index (χ2v) is 12.4. The minimum Gasteiger partial charge on any atom is -0.208 e. The highest BCUT2D eigenvalue weighted by atomic mass is 15.0. The van der Waals surface area contributed by atoms with Gasteiger partial charge in [-0.1, -0.05) is 170 Å². The molecule has 9 rings (SSSR count). The Hall–Kier alpha value is -6.45. The number of benzene rings is 7. The van der Waals surface area contributed by atoms with Crippen LogP contribution < -0.4 is 0 Å². The summed E-state index contributed by atoms with van der Waals surface area (Å²) in [6.45, 7) is 0. The third-order valence-electron chi connectivity index (χ3n) is 9.43. The predicted octanol–water partition coefficient (Wildman–Crippen LogP) is 11.4. The van der Waals surface area contributed by atoms with Crippen molar-refractivity contribution in [2.75, 3.05) is 0 Å². The van der Waals surface area contributed by atoms with Crippen LogP contribution in [0.2, 0.25) is 0 Å². The van der Waals surface area contributed by atoms with Gasteiger partial charge in [-0.25, -0.2) is 15.0 Å². The molecule has 230 valence electrons. The van der Waals surface area contributed by atoms with Gasteiger partial charge in [0.25, 0.3) is 0 Å². The van der Waals surface area contributed by atoms with Crippen LogP contribution in [0.4, 0.5) is 0 Å². The number of nitrogens with zero attached hydrogens (tertiary/aromatic N) is 3. The first-order chi connectivity index (χ1) is 24.3. The summed E-state index contributed by atoms with van der Waals surface area (Å²) in [6, 6.07) is 61.8. The van der Waals surface area contributed by atoms with Crippen molar-refractivity contribution in [1.29, 1.82) is 0 Å². The van der Waals surface area contributed by atoms with E-state index < -0.39 is 0 Å². The molecule has 0 N–H and O–H groups in total. The summed E-state index contributed by atoms with van der Waals surface area (Å²) in [5.74, 6) is 2.04. The van der Waals surface area contributed by atoms with Crippen molar-refractivity contribution in [1.82, 2.24) is 15.0 Å². The van der Waals surface area contributed by atoms with Gasteiger partial charge in [0.05, 0.1) is 0 Å². The minimum absolute atomic E-state index is 0.674. The topological polar surface area (TPSA) is 38.7 Å². The van der Waals surface area contributed by atoms with E-state index >= 15 is 0 Å². The molecule has 3 nitrogen and oxygen atoms in total. The third-order valence-corrected chi connectivity index (χ3v) is 9.43. The molecule has 1 aliphatic rings. The van der Waals surface area contributed by atoms with E-state index in [1.165, 1.54) is 55.6 Å². The molecule has 0 atom stereocenters. The molecular weight excluding hydrogens is 595 g/mol. The molecule has 0 bridgehead atoms. The summed E-state index contributed by atoms with van der Waals surface area (Å²) in [6.07, 6.45) is 0.810. The normalized spacial score (nSPS) is 11.6. The fourth-order valence-electron chi connectivity index (χ4n) is 7.00. The predicted molar refractivity (Wildman–Crippen MR) is 201 cm³/mol. The van der Waals surface area contributed by atoms with Gasteiger partial charge in [0, 0.05) is 23.1 Å². The van der Waals surface area contributed by atoms with Crippen molar-refractivity contribution < 1.29 is 0 Å². The van der Waals surface area contributed by atoms with E-state index in [9.17, 15) is 0 Å². The van der Waals surface area contributed by atoms with Crippen LogP contribution in [0.5, 0.6) is 0 Å². The van der Waals surface area contributed by atoms with E-state index in [1.807, 2.05) is 36.4 Å². The maximum absolute atomic E-state index is 5.06. The first-order valence-corrected chi connectivity index (χ1v) is 16.7. The Labute approximate surface area is 286 Å². The lowest BCUT2D eigenvalue weighted by Crippen LogP contribution is -2.01. The maximum atomic E-state index is 5.06. The van der Waals surface area contributed by atoms with Crippen molar-refractivity contribution in [3.05, 3.63) is 187 Å². The lowest BCUT2D eigenvalue weighted by Gasteiger charge is -2.11. The van der Waals surface area contributed by atoms with E-state index in [-0.39, 0.29) is 0 Å². The molecule has 0 fully saturated rings. The maximum Gasteiger partial charge on any atom is 0.164 e. The Morgan fingerprint density at radius 2 is 0.653 bits per heavy atom. The summed E-state index contributed by atoms with van der Waals surface area (Å²) < 4.78 is 0. The molecule has 1 aliphatic carbocycles. The van der Waals surface area contributed by atoms with Crippen LogP contribution in [-0.2, 0) is 6.42 Å². The van der Waals surface area contributed by atoms with Crippen LogP contribution in [-0.4, -0.2) is 15.0 Å². The number of aromatic nitrogens is 3. The van der Waals surface area contributed by atoms with Gasteiger partial charge >= 0.3 is 0 Å². The van der Waals surface area contributed by atoms with Crippen LogP contribution in [0.15, 0.2) is 176 Å². The van der Waals surface area contributed by atoms with Gasteiger partial charge in [0.15, 0.2) is 17.5 Å². The highest BCUT2D eigenvalue weighted by Gasteiger charge is 2.26. The first kappa shape index (κ1) is 28.7. The Morgan fingerprint density at radius 3 is 1.22 bits per heavy atom. The highest BCUT2D eigenvalue weighted by Crippen LogP contribution is 2.45. The summed E-state index contributed by atoms with van der Waals surface area (Å²) in [7, 11) is 0. The highest BCUT2D eigenvalue weighted by molar-refractivity contribution is 5.89. The van der Waals surface area contributed by atoms with Crippen molar-refractivity contribution in [3.8, 4) is 78.7 Å². The summed E-state index contributed by atoms with van der Waals surface area (Å²) in [5.41, 5.74) is 15.4. The molecule has 0 radical (unpaired) electrons. The summed E-state index contributed by atoms with van der Waals surface area (Å²) in [5, 5.41) is 0. The van der Waals surface area contributed by atoms with Gasteiger partial charge in [-0.3, -0.25) is 0 Å². The Balaban J connectivity index is 1.08. The second kappa shape index (κ2) is 12.3. The lowest BCUT2D eigenvalue weighted by atomic mass is 9.93. The van der Waals surface area contributed by atoms with Crippen LogP contribution in [0.25, 0.3) is 78.7 Å². The molecule has 1 aromatic heterocycles. The van der Waals surface area contributed by atoms with Gasteiger partial charge in [-0.05, 0) is 61.7 Å². The number of hydrogen-bond donors (Lipinski definition) is 0. The van der Waals surface area contributed by atoms with E-state index in [2.05, 4.69) is 140 Å². The molecule has 0 unspecified atom stereocenters. The van der Waals surface area contributed by atoms with E-state index in [1.54, 1.807) is 0 Å². The molecule has 7 aromatic carbocycles. The standard InChI is InChI=1S/C46H31N3/c1-4-13-31(14-5-1)36-19-10-20-37(29-36)32-25-27-33(28-26-32)38-21-11-22-39-40-23-12-24-41(43(40)30-42(38)39)46-48-44(34-15-6-2-7-16-34)47-45(49-46)35-17-8-3-9-18-35/h1-29H,30H2. The Morgan fingerprint density at radius 1 is 0.265 bits per heavy atom. The summed E-state index contributed by atoms with van der Waals surface area (Å²) in [4.78, 5) is 15.0. The van der Waals surface area contributed by atoms with Crippen molar-refractivity contribution >= 4 is 0 Å². The van der Waals surface area contributed by atoms with Crippen LogP contribution in [0.1, 0.15) is 11.1 Å². The van der Waals surface area contributed by atoms with E-state index in [4.69, 9.17) is 15.0 Å². The average Bonchev–Trinajstić information content (AvgIpc) is 3.58. The lowest BCUT2D eigenvalue weighted by molar-refractivity contribution is 1.07. The van der Waals surface area contributed by atoms with Crippen molar-refractivity contribution in [2.24, 2.45) is 0 Å². The zero-order valence-corrected chi connectivity index (χ0v) is 26.8. The zero-order valence-electron chi connectivity index (χ0n) is 26.8. The molecule has 0 saturated heterocycles. The molecule has 0 aliphatic heterocycles. The van der Waals surface area contributed by atoms with Crippen LogP contribution in [0, 0.1) is 0 Å². The van der Waals surface area contributed by atoms with Crippen molar-refractivity contribution in [3.63, 3.8) is 0 Å². The molecule has 1 heterocycles. The van der Waals surface area contributed by atoms with E-state index in [0.717, 1.165) is 23.1 Å². The minimum atomic E-state index is 0.674. The smallest absolute Gasteiger partial charge is 0.164 e. The van der Waals surface area contributed by atoms with E-state index in [0.29, 0.717) is 17.5 Å². The van der Waals surface area contributed by atoms with Crippen LogP contribution >= 0.6 is 0 Å². The quantitative estimate of drug-likeness (QED) is 0.185. The fraction of sp³-hybridized carbons (Fsp3) is 0.0217. The largest absolute Gasteiger partial charge is 0.208 e. The Kier molecular flexibility index (Phi) is 7.21. The monoisotopic (exact) mass is 625 g/mol. The Bertz CT molecular complexity index is 2380. The second-order valence-electron chi connectivity index (χ2n) is 12.4. The van der Waals surface area contributed by atoms with Gasteiger partial charge in [0.2, 0.25) is 0 Å². The molecule has 0 spiro atoms. The van der Waals surface area contributed by atoms with Gasteiger partial charge < -0.3 is 0 Å². The summed E-state index contributed by atoms with van der Waals surface area (Å²) >= 11 is 0. The molecule has 3 heteroatoms. The number of hydrogen-bond acceptors (Lipinski definition) is 3. The number of rotatable bonds is 6. The van der Waals surface area contributed by atoms with Gasteiger partial charge in [0.1, 0.15) is 0 Å². The van der Waals surface area contributed by atoms with Crippen molar-refractivity contribution in [2.45, 2.75) is 6.42 Å². The zero-order chi connectivity index (χ0) is 32.6. The molecule has 49 heavy (non-hydrogen) atoms. The molecular formula is C46H31N3. The molecule has 0 amide bonds. The molecule has 0 saturated carbocycles. The number of fused-ring (bicyclic) bond motifs is 3. The fourth-order valence-corrected chi connectivity index (χ4v) is 7.00. The first-order valence-electron chi connectivity index (χ1n) is 16.7. The van der Waals surface area contributed by atoms with Gasteiger partial charge in [-0.2, -0.15) is 0 Å². The molecule has 8 aromatic rings.